The molecule has 1 aliphatic heterocycles. The van der Waals surface area contributed by atoms with Gasteiger partial charge < -0.3 is 15.2 Å². The molecule has 1 aliphatic rings. The fraction of sp³-hybridized carbons (Fsp3) is 0.286. The molecule has 1 amide bonds. The van der Waals surface area contributed by atoms with Gasteiger partial charge in [0, 0.05) is 12.6 Å². The Morgan fingerprint density at radius 2 is 2.38 bits per heavy atom. The molecule has 7 heteroatoms. The molecule has 3 rings (SSSR count). The number of hydrogen-bond donors (Lipinski definition) is 2. The summed E-state index contributed by atoms with van der Waals surface area (Å²) in [7, 11) is 0. The van der Waals surface area contributed by atoms with Crippen LogP contribution >= 0.6 is 11.6 Å². The molecule has 110 valence electrons. The van der Waals surface area contributed by atoms with Crippen molar-refractivity contribution in [2.24, 2.45) is 0 Å². The zero-order valence-electron chi connectivity index (χ0n) is 11.4. The topological polar surface area (TPSA) is 59.0 Å². The third-order valence-corrected chi connectivity index (χ3v) is 3.85. The second-order valence-electron chi connectivity index (χ2n) is 4.97. The van der Waals surface area contributed by atoms with Gasteiger partial charge in [0.15, 0.2) is 0 Å². The number of imidazole rings is 1. The molecule has 5 nitrogen and oxygen atoms in total. The number of nitrogens with zero attached hydrogens (tertiary/aromatic N) is 2. The first-order valence-electron chi connectivity index (χ1n) is 6.60. The minimum Gasteiger partial charge on any atom is -0.319 e. The quantitative estimate of drug-likeness (QED) is 0.896. The van der Waals surface area contributed by atoms with E-state index in [1.807, 2.05) is 11.5 Å². The molecule has 0 fully saturated rings. The van der Waals surface area contributed by atoms with Crippen molar-refractivity contribution in [3.63, 3.8) is 0 Å². The van der Waals surface area contributed by atoms with Crippen molar-refractivity contribution in [3.05, 3.63) is 46.8 Å². The zero-order chi connectivity index (χ0) is 15.0. The van der Waals surface area contributed by atoms with E-state index in [4.69, 9.17) is 11.6 Å². The van der Waals surface area contributed by atoms with Gasteiger partial charge in [-0.2, -0.15) is 0 Å². The van der Waals surface area contributed by atoms with Gasteiger partial charge in [0.05, 0.1) is 23.5 Å². The lowest BCUT2D eigenvalue weighted by Gasteiger charge is -2.24. The molecule has 2 aromatic rings. The van der Waals surface area contributed by atoms with Crippen LogP contribution in [0.3, 0.4) is 0 Å². The van der Waals surface area contributed by atoms with Gasteiger partial charge in [-0.25, -0.2) is 9.37 Å². The number of rotatable bonds is 2. The first kappa shape index (κ1) is 14.0. The number of nitrogens with one attached hydrogen (secondary N) is 2. The fourth-order valence-electron chi connectivity index (χ4n) is 2.46. The first-order chi connectivity index (χ1) is 10.1. The van der Waals surface area contributed by atoms with Crippen LogP contribution in [0.25, 0.3) is 0 Å². The number of carbonyl (C=O) groups excluding carboxylic acids is 1. The average molecular weight is 309 g/mol. The van der Waals surface area contributed by atoms with Gasteiger partial charge in [0.2, 0.25) is 0 Å². The zero-order valence-corrected chi connectivity index (χ0v) is 12.1. The van der Waals surface area contributed by atoms with E-state index < -0.39 is 5.82 Å². The van der Waals surface area contributed by atoms with Gasteiger partial charge in [-0.3, -0.25) is 4.79 Å². The van der Waals surface area contributed by atoms with Crippen molar-refractivity contribution in [1.82, 2.24) is 14.9 Å². The molecule has 0 saturated carbocycles. The molecule has 1 aromatic carbocycles. The minimum absolute atomic E-state index is 0.0982. The molecule has 0 aliphatic carbocycles. The van der Waals surface area contributed by atoms with Crippen molar-refractivity contribution >= 4 is 23.2 Å². The summed E-state index contributed by atoms with van der Waals surface area (Å²) in [6.45, 7) is 3.39. The highest BCUT2D eigenvalue weighted by Gasteiger charge is 2.23. The van der Waals surface area contributed by atoms with Gasteiger partial charge in [-0.15, -0.1) is 0 Å². The summed E-state index contributed by atoms with van der Waals surface area (Å²) in [5.74, 6) is -0.110. The van der Waals surface area contributed by atoms with Gasteiger partial charge >= 0.3 is 0 Å². The van der Waals surface area contributed by atoms with Crippen LogP contribution < -0.4 is 10.6 Å². The maximum Gasteiger partial charge on any atom is 0.273 e. The largest absolute Gasteiger partial charge is 0.319 e. The molecule has 0 radical (unpaired) electrons. The van der Waals surface area contributed by atoms with Gasteiger partial charge in [0.1, 0.15) is 17.3 Å². The summed E-state index contributed by atoms with van der Waals surface area (Å²) in [6, 6.07) is 4.42. The van der Waals surface area contributed by atoms with E-state index in [0.717, 1.165) is 12.4 Å². The van der Waals surface area contributed by atoms with E-state index in [2.05, 4.69) is 15.6 Å². The number of benzene rings is 1. The predicted octanol–water partition coefficient (Wildman–Crippen LogP) is 2.59. The third-order valence-electron chi connectivity index (χ3n) is 3.47. The molecule has 1 atom stereocenters. The molecule has 1 unspecified atom stereocenters. The monoisotopic (exact) mass is 308 g/mol. The summed E-state index contributed by atoms with van der Waals surface area (Å²) in [5.41, 5.74) is 0.693. The van der Waals surface area contributed by atoms with Crippen molar-refractivity contribution in [3.8, 4) is 0 Å². The van der Waals surface area contributed by atoms with E-state index in [0.29, 0.717) is 12.2 Å². The molecule has 0 spiro atoms. The number of aromatic nitrogens is 2. The second-order valence-corrected chi connectivity index (χ2v) is 5.34. The summed E-state index contributed by atoms with van der Waals surface area (Å²) < 4.78 is 15.3. The van der Waals surface area contributed by atoms with E-state index >= 15 is 0 Å². The lowest BCUT2D eigenvalue weighted by atomic mass is 10.2. The van der Waals surface area contributed by atoms with Crippen molar-refractivity contribution in [1.29, 1.82) is 0 Å². The van der Waals surface area contributed by atoms with E-state index in [1.165, 1.54) is 18.3 Å². The Labute approximate surface area is 126 Å². The Morgan fingerprint density at radius 1 is 1.57 bits per heavy atom. The standard InChI is InChI=1S/C14H14ClFN4O/c1-8-5-17-7-12-18-6-11(20(8)12)14(21)19-10-4-2-3-9(16)13(10)15/h2-4,6,8,17H,5,7H2,1H3,(H,19,21). The Kier molecular flexibility index (Phi) is 3.65. The minimum atomic E-state index is -0.567. The summed E-state index contributed by atoms with van der Waals surface area (Å²) in [6.07, 6.45) is 1.53. The third kappa shape index (κ3) is 2.52. The van der Waals surface area contributed by atoms with Crippen LogP contribution in [0.2, 0.25) is 5.02 Å². The number of amides is 1. The molecule has 2 heterocycles. The average Bonchev–Trinajstić information content (AvgIpc) is 2.89. The number of carbonyl (C=O) groups is 1. The van der Waals surface area contributed by atoms with E-state index in [-0.39, 0.29) is 22.7 Å². The Balaban J connectivity index is 1.90. The Bertz CT molecular complexity index is 700. The number of halogens is 2. The SMILES string of the molecule is CC1CNCc2ncc(C(=O)Nc3cccc(F)c3Cl)n21. The van der Waals surface area contributed by atoms with Crippen molar-refractivity contribution in [2.45, 2.75) is 19.5 Å². The molecule has 2 N–H and O–H groups in total. The first-order valence-corrected chi connectivity index (χ1v) is 6.98. The van der Waals surface area contributed by atoms with Crippen LogP contribution in [0.4, 0.5) is 10.1 Å². The Hall–Kier alpha value is -1.92. The fourth-order valence-corrected chi connectivity index (χ4v) is 2.63. The maximum absolute atomic E-state index is 13.4. The number of hydrogen-bond acceptors (Lipinski definition) is 3. The summed E-state index contributed by atoms with van der Waals surface area (Å²) in [5, 5.41) is 5.76. The second kappa shape index (κ2) is 5.46. The molecule has 21 heavy (non-hydrogen) atoms. The van der Waals surface area contributed by atoms with Gasteiger partial charge in [-0.1, -0.05) is 17.7 Å². The van der Waals surface area contributed by atoms with Crippen molar-refractivity contribution < 1.29 is 9.18 Å². The van der Waals surface area contributed by atoms with Crippen molar-refractivity contribution in [2.75, 3.05) is 11.9 Å². The molecular formula is C14H14ClFN4O. The highest BCUT2D eigenvalue weighted by molar-refractivity contribution is 6.34. The molecule has 1 aromatic heterocycles. The predicted molar refractivity (Wildman–Crippen MR) is 78.0 cm³/mol. The lowest BCUT2D eigenvalue weighted by Crippen LogP contribution is -2.33. The molecule has 0 saturated heterocycles. The normalized spacial score (nSPS) is 17.4. The summed E-state index contributed by atoms with van der Waals surface area (Å²) in [4.78, 5) is 16.6. The number of anilines is 1. The number of fused-ring (bicyclic) bond motifs is 1. The molecule has 0 bridgehead atoms. The highest BCUT2D eigenvalue weighted by atomic mass is 35.5. The van der Waals surface area contributed by atoms with Crippen LogP contribution in [-0.2, 0) is 6.54 Å². The summed E-state index contributed by atoms with van der Waals surface area (Å²) >= 11 is 5.85. The highest BCUT2D eigenvalue weighted by Crippen LogP contribution is 2.25. The van der Waals surface area contributed by atoms with Crippen LogP contribution in [0.5, 0.6) is 0 Å². The van der Waals surface area contributed by atoms with Crippen LogP contribution in [0.15, 0.2) is 24.4 Å². The van der Waals surface area contributed by atoms with Crippen LogP contribution in [0, 0.1) is 5.82 Å². The smallest absolute Gasteiger partial charge is 0.273 e. The van der Waals surface area contributed by atoms with Crippen LogP contribution in [0.1, 0.15) is 29.3 Å². The van der Waals surface area contributed by atoms with E-state index in [9.17, 15) is 9.18 Å². The van der Waals surface area contributed by atoms with E-state index in [1.54, 1.807) is 6.07 Å². The maximum atomic E-state index is 13.4. The molecular weight excluding hydrogens is 295 g/mol. The Morgan fingerprint density at radius 3 is 3.19 bits per heavy atom. The van der Waals surface area contributed by atoms with Gasteiger partial charge in [0.25, 0.3) is 5.91 Å². The van der Waals surface area contributed by atoms with Gasteiger partial charge in [-0.05, 0) is 19.1 Å². The lowest BCUT2D eigenvalue weighted by molar-refractivity contribution is 0.101. The van der Waals surface area contributed by atoms with Crippen LogP contribution in [-0.4, -0.2) is 22.0 Å².